The van der Waals surface area contributed by atoms with Crippen LogP contribution >= 0.6 is 0 Å². The first kappa shape index (κ1) is 28.7. The van der Waals surface area contributed by atoms with Gasteiger partial charge in [-0.1, -0.05) is 39.3 Å². The number of unbranched alkanes of at least 4 members (excludes halogenated alkanes) is 1. The lowest BCUT2D eigenvalue weighted by Gasteiger charge is -2.28. The van der Waals surface area contributed by atoms with E-state index in [4.69, 9.17) is 15.2 Å². The number of aliphatic hydroxyl groups is 1. The van der Waals surface area contributed by atoms with Gasteiger partial charge < -0.3 is 30.1 Å². The molecule has 0 radical (unpaired) electrons. The quantitative estimate of drug-likeness (QED) is 0.168. The monoisotopic (exact) mass is 523 g/mol. The lowest BCUT2D eigenvalue weighted by molar-refractivity contribution is -0.140. The molecule has 0 aromatic heterocycles. The lowest BCUT2D eigenvalue weighted by atomic mass is 9.95. The van der Waals surface area contributed by atoms with Gasteiger partial charge in [-0.05, 0) is 61.5 Å². The number of Topliss-reactive ketones (excluding diaryl/α,β-unsaturated/α-hetero) is 1. The number of likely N-dealkylation sites (N-methyl/N-ethyl adjacent to an activating group) is 1. The zero-order chi connectivity index (χ0) is 27.7. The van der Waals surface area contributed by atoms with Crippen LogP contribution in [0.2, 0.25) is 0 Å². The van der Waals surface area contributed by atoms with E-state index in [1.54, 1.807) is 48.5 Å². The maximum atomic E-state index is 13.3. The fourth-order valence-corrected chi connectivity index (χ4v) is 4.35. The van der Waals surface area contributed by atoms with Crippen LogP contribution in [0.5, 0.6) is 11.5 Å². The van der Waals surface area contributed by atoms with Gasteiger partial charge in [0.1, 0.15) is 17.3 Å². The molecule has 204 valence electrons. The highest BCUT2D eigenvalue weighted by Crippen LogP contribution is 2.40. The van der Waals surface area contributed by atoms with Crippen molar-refractivity contribution in [3.05, 3.63) is 65.2 Å². The molecule has 9 nitrogen and oxygen atoms in total. The van der Waals surface area contributed by atoms with E-state index >= 15 is 0 Å². The highest BCUT2D eigenvalue weighted by atomic mass is 16.5. The topological polar surface area (TPSA) is 122 Å². The second kappa shape index (κ2) is 13.6. The number of carbonyl (C=O) groups is 3. The van der Waals surface area contributed by atoms with Crippen LogP contribution in [0.3, 0.4) is 0 Å². The summed E-state index contributed by atoms with van der Waals surface area (Å²) in [6, 6.07) is 12.8. The average Bonchev–Trinajstić information content (AvgIpc) is 3.18. The van der Waals surface area contributed by atoms with Crippen LogP contribution in [0.4, 0.5) is 0 Å². The molecule has 0 bridgehead atoms. The minimum absolute atomic E-state index is 0.0278. The number of ether oxygens (including phenoxy) is 2. The first-order valence-electron chi connectivity index (χ1n) is 13.1. The molecule has 2 aromatic carbocycles. The molecule has 1 aliphatic rings. The van der Waals surface area contributed by atoms with Gasteiger partial charge in [0.15, 0.2) is 6.61 Å². The molecule has 38 heavy (non-hydrogen) atoms. The van der Waals surface area contributed by atoms with Crippen molar-refractivity contribution in [3.8, 4) is 11.5 Å². The second-order valence-corrected chi connectivity index (χ2v) is 9.07. The molecule has 1 saturated heterocycles. The number of nitrogens with two attached hydrogens (primary N) is 1. The minimum atomic E-state index is -0.781. The molecular weight excluding hydrogens is 486 g/mol. The summed E-state index contributed by atoms with van der Waals surface area (Å²) in [5.74, 6) is -1.14. The number of aliphatic hydroxyl groups excluding tert-OH is 1. The summed E-state index contributed by atoms with van der Waals surface area (Å²) in [5.41, 5.74) is 6.23. The van der Waals surface area contributed by atoms with Gasteiger partial charge in [-0.25, -0.2) is 0 Å². The number of hydrogen-bond acceptors (Lipinski definition) is 7. The molecule has 1 fully saturated rings. The van der Waals surface area contributed by atoms with Gasteiger partial charge in [0, 0.05) is 18.7 Å². The Bertz CT molecular complexity index is 1140. The van der Waals surface area contributed by atoms with Crippen molar-refractivity contribution in [2.24, 2.45) is 5.73 Å². The molecule has 1 unspecified atom stereocenters. The van der Waals surface area contributed by atoms with Crippen molar-refractivity contribution in [2.45, 2.75) is 39.7 Å². The molecule has 9 heteroatoms. The number of ketones is 1. The Balaban J connectivity index is 1.98. The van der Waals surface area contributed by atoms with Crippen LogP contribution in [-0.4, -0.2) is 71.9 Å². The Hall–Kier alpha value is -3.85. The maximum absolute atomic E-state index is 13.3. The summed E-state index contributed by atoms with van der Waals surface area (Å²) in [5, 5.41) is 11.3. The summed E-state index contributed by atoms with van der Waals surface area (Å²) in [6.45, 7) is 9.01. The average molecular weight is 524 g/mol. The molecule has 0 spiro atoms. The fourth-order valence-electron chi connectivity index (χ4n) is 4.35. The first-order valence-corrected chi connectivity index (χ1v) is 13.1. The van der Waals surface area contributed by atoms with Gasteiger partial charge in [-0.2, -0.15) is 0 Å². The van der Waals surface area contributed by atoms with E-state index in [0.717, 1.165) is 25.9 Å². The van der Waals surface area contributed by atoms with E-state index in [-0.39, 0.29) is 17.9 Å². The molecule has 2 aromatic rings. The lowest BCUT2D eigenvalue weighted by Crippen LogP contribution is -2.38. The van der Waals surface area contributed by atoms with Crippen LogP contribution in [-0.2, 0) is 14.4 Å². The van der Waals surface area contributed by atoms with Gasteiger partial charge in [0.05, 0.1) is 18.2 Å². The number of primary amides is 1. The predicted octanol–water partition coefficient (Wildman–Crippen LogP) is 3.49. The maximum Gasteiger partial charge on any atom is 0.295 e. The number of carbonyl (C=O) groups excluding carboxylic acids is 3. The zero-order valence-corrected chi connectivity index (χ0v) is 22.3. The van der Waals surface area contributed by atoms with Gasteiger partial charge >= 0.3 is 0 Å². The summed E-state index contributed by atoms with van der Waals surface area (Å²) in [7, 11) is 0. The predicted molar refractivity (Wildman–Crippen MR) is 145 cm³/mol. The molecule has 2 amide bonds. The molecule has 1 aliphatic heterocycles. The Morgan fingerprint density at radius 2 is 1.58 bits per heavy atom. The number of benzene rings is 2. The molecule has 3 N–H and O–H groups in total. The Morgan fingerprint density at radius 1 is 0.974 bits per heavy atom. The van der Waals surface area contributed by atoms with E-state index in [2.05, 4.69) is 11.8 Å². The smallest absolute Gasteiger partial charge is 0.295 e. The van der Waals surface area contributed by atoms with Crippen LogP contribution in [0.15, 0.2) is 54.1 Å². The number of amides is 2. The second-order valence-electron chi connectivity index (χ2n) is 9.07. The normalized spacial score (nSPS) is 16.7. The third-order valence-electron chi connectivity index (χ3n) is 6.56. The van der Waals surface area contributed by atoms with Crippen molar-refractivity contribution in [3.63, 3.8) is 0 Å². The number of likely N-dealkylation sites (tertiary alicyclic amines) is 1. The molecule has 1 heterocycles. The molecular formula is C29H37N3O6. The van der Waals surface area contributed by atoms with E-state index in [0.29, 0.717) is 42.3 Å². The van der Waals surface area contributed by atoms with Crippen LogP contribution < -0.4 is 15.2 Å². The van der Waals surface area contributed by atoms with Gasteiger partial charge in [0.2, 0.25) is 0 Å². The van der Waals surface area contributed by atoms with E-state index in [9.17, 15) is 19.5 Å². The number of rotatable bonds is 14. The Kier molecular flexibility index (Phi) is 10.3. The summed E-state index contributed by atoms with van der Waals surface area (Å²) < 4.78 is 11.1. The highest BCUT2D eigenvalue weighted by Gasteiger charge is 2.46. The number of hydrogen-bond donors (Lipinski definition) is 2. The molecule has 0 saturated carbocycles. The zero-order valence-electron chi connectivity index (χ0n) is 22.3. The van der Waals surface area contributed by atoms with Crippen LogP contribution in [0.1, 0.15) is 50.8 Å². The molecule has 1 atom stereocenters. The first-order chi connectivity index (χ1) is 18.3. The molecule has 0 aliphatic carbocycles. The summed E-state index contributed by atoms with van der Waals surface area (Å²) in [4.78, 5) is 41.2. The summed E-state index contributed by atoms with van der Waals surface area (Å²) in [6.07, 6.45) is 1.95. The van der Waals surface area contributed by atoms with Gasteiger partial charge in [0.25, 0.3) is 17.6 Å². The standard InChI is InChI=1S/C29H37N3O6/c1-4-7-18-37-22-14-10-21(11-15-22)27(34)25-26(20-8-12-23(13-9-20)38-19-24(30)33)32(29(36)28(25)35)17-16-31(5-2)6-3/h8-15,26,34H,4-7,16-19H2,1-3H3,(H2,30,33)/b27-25+. The highest BCUT2D eigenvalue weighted by molar-refractivity contribution is 6.46. The van der Waals surface area contributed by atoms with Crippen molar-refractivity contribution >= 4 is 23.4 Å². The van der Waals surface area contributed by atoms with Crippen molar-refractivity contribution < 1.29 is 29.0 Å². The van der Waals surface area contributed by atoms with E-state index < -0.39 is 23.6 Å². The van der Waals surface area contributed by atoms with Crippen LogP contribution in [0, 0.1) is 0 Å². The van der Waals surface area contributed by atoms with Gasteiger partial charge in [-0.3, -0.25) is 14.4 Å². The van der Waals surface area contributed by atoms with E-state index in [1.165, 1.54) is 4.90 Å². The van der Waals surface area contributed by atoms with Crippen molar-refractivity contribution in [2.75, 3.05) is 39.4 Å². The SMILES string of the molecule is CCCCOc1ccc(/C(O)=C2\C(=O)C(=O)N(CCN(CC)CC)C2c2ccc(OCC(N)=O)cc2)cc1. The van der Waals surface area contributed by atoms with Crippen molar-refractivity contribution in [1.82, 2.24) is 9.80 Å². The minimum Gasteiger partial charge on any atom is -0.507 e. The van der Waals surface area contributed by atoms with Gasteiger partial charge in [-0.15, -0.1) is 0 Å². The number of nitrogens with zero attached hydrogens (tertiary/aromatic N) is 2. The van der Waals surface area contributed by atoms with E-state index in [1.807, 2.05) is 13.8 Å². The third kappa shape index (κ3) is 6.92. The van der Waals surface area contributed by atoms with Crippen LogP contribution in [0.25, 0.3) is 5.76 Å². The Labute approximate surface area is 223 Å². The molecule has 3 rings (SSSR count). The third-order valence-corrected chi connectivity index (χ3v) is 6.56. The summed E-state index contributed by atoms with van der Waals surface area (Å²) >= 11 is 0. The van der Waals surface area contributed by atoms with Crippen molar-refractivity contribution in [1.29, 1.82) is 0 Å². The largest absolute Gasteiger partial charge is 0.507 e. The Morgan fingerprint density at radius 3 is 2.16 bits per heavy atom. The fraction of sp³-hybridized carbons (Fsp3) is 0.414.